The lowest BCUT2D eigenvalue weighted by Gasteiger charge is -2.24. The van der Waals surface area contributed by atoms with Crippen molar-refractivity contribution in [3.8, 4) is 0 Å². The monoisotopic (exact) mass is 241 g/mol. The van der Waals surface area contributed by atoms with Crippen LogP contribution in [0.4, 0.5) is 5.69 Å². The summed E-state index contributed by atoms with van der Waals surface area (Å²) in [5, 5.41) is 12.2. The Bertz CT molecular complexity index is 370. The fourth-order valence-electron chi connectivity index (χ4n) is 1.51. The second-order valence-electron chi connectivity index (χ2n) is 3.25. The second kappa shape index (κ2) is 3.98. The lowest BCUT2D eigenvalue weighted by molar-refractivity contribution is -0.137. The molecule has 2 rings (SSSR count). The van der Waals surface area contributed by atoms with E-state index >= 15 is 0 Å². The van der Waals surface area contributed by atoms with Gasteiger partial charge in [0.15, 0.2) is 0 Å². The predicted molar refractivity (Wildman–Crippen MR) is 64.4 cm³/mol. The van der Waals surface area contributed by atoms with E-state index in [4.69, 9.17) is 5.11 Å². The molecule has 0 aliphatic carbocycles. The Morgan fingerprint density at radius 2 is 2.33 bits per heavy atom. The maximum absolute atomic E-state index is 10.8. The van der Waals surface area contributed by atoms with E-state index < -0.39 is 10.2 Å². The van der Waals surface area contributed by atoms with Gasteiger partial charge in [-0.1, -0.05) is 23.9 Å². The predicted octanol–water partition coefficient (Wildman–Crippen LogP) is 2.70. The number of fused-ring (bicyclic) bond motifs is 1. The number of anilines is 1. The smallest absolute Gasteiger partial charge is 0.307 e. The number of carboxylic acid groups (broad SMARTS) is 1. The first-order chi connectivity index (χ1) is 7.15. The zero-order valence-corrected chi connectivity index (χ0v) is 9.82. The van der Waals surface area contributed by atoms with Gasteiger partial charge in [-0.2, -0.15) is 0 Å². The number of nitrogens with one attached hydrogen (secondary N) is 1. The van der Waals surface area contributed by atoms with Crippen molar-refractivity contribution in [1.82, 2.24) is 0 Å². The summed E-state index contributed by atoms with van der Waals surface area (Å²) in [4.78, 5) is 11.9. The molecule has 0 saturated carbocycles. The Hall–Kier alpha value is -0.810. The maximum atomic E-state index is 10.8. The Morgan fingerprint density at radius 1 is 1.60 bits per heavy atom. The van der Waals surface area contributed by atoms with E-state index in [1.807, 2.05) is 30.5 Å². The van der Waals surface area contributed by atoms with Crippen molar-refractivity contribution in [2.24, 2.45) is 0 Å². The topological polar surface area (TPSA) is 49.3 Å². The first-order valence-electron chi connectivity index (χ1n) is 4.48. The van der Waals surface area contributed by atoms with Gasteiger partial charge in [0.05, 0.1) is 6.42 Å². The first-order valence-corrected chi connectivity index (χ1v) is 6.52. The van der Waals surface area contributed by atoms with Crippen LogP contribution in [-0.2, 0) is 4.79 Å². The average Bonchev–Trinajstić information content (AvgIpc) is 2.55. The Balaban J connectivity index is 2.25. The molecule has 5 heteroatoms. The molecule has 0 spiro atoms. The largest absolute Gasteiger partial charge is 0.481 e. The molecule has 1 aromatic rings. The van der Waals surface area contributed by atoms with Gasteiger partial charge in [0.2, 0.25) is 0 Å². The highest BCUT2D eigenvalue weighted by atomic mass is 32.2. The van der Waals surface area contributed by atoms with Gasteiger partial charge in [-0.15, -0.1) is 11.8 Å². The van der Waals surface area contributed by atoms with Crippen LogP contribution in [0.15, 0.2) is 29.2 Å². The highest BCUT2D eigenvalue weighted by molar-refractivity contribution is 8.18. The molecule has 0 radical (unpaired) electrons. The van der Waals surface area contributed by atoms with Crippen LogP contribution in [0.3, 0.4) is 0 Å². The van der Waals surface area contributed by atoms with Gasteiger partial charge < -0.3 is 10.4 Å². The maximum Gasteiger partial charge on any atom is 0.307 e. The number of hydrogen-bond donors (Lipinski definition) is 2. The van der Waals surface area contributed by atoms with Crippen molar-refractivity contribution in [1.29, 1.82) is 0 Å². The highest BCUT2D eigenvalue weighted by Crippen LogP contribution is 2.51. The van der Waals surface area contributed by atoms with Crippen LogP contribution in [0.5, 0.6) is 0 Å². The molecule has 1 aliphatic heterocycles. The van der Waals surface area contributed by atoms with Gasteiger partial charge in [-0.25, -0.2) is 0 Å². The van der Waals surface area contributed by atoms with Gasteiger partial charge in [0.1, 0.15) is 4.20 Å². The molecule has 0 fully saturated rings. The van der Waals surface area contributed by atoms with Crippen molar-refractivity contribution < 1.29 is 9.90 Å². The number of para-hydroxylation sites is 1. The van der Waals surface area contributed by atoms with Crippen molar-refractivity contribution in [2.75, 3.05) is 11.6 Å². The van der Waals surface area contributed by atoms with Crippen molar-refractivity contribution >= 4 is 35.2 Å². The Kier molecular flexibility index (Phi) is 2.84. The summed E-state index contributed by atoms with van der Waals surface area (Å²) >= 11 is 3.12. The molecule has 0 aromatic heterocycles. The molecule has 1 heterocycles. The quantitative estimate of drug-likeness (QED) is 0.852. The van der Waals surface area contributed by atoms with E-state index in [1.54, 1.807) is 11.8 Å². The molecule has 1 aliphatic rings. The van der Waals surface area contributed by atoms with E-state index in [-0.39, 0.29) is 6.42 Å². The SMILES string of the molecule is CSC1(CC(=O)O)Nc2ccccc2S1. The fraction of sp³-hybridized carbons (Fsp3) is 0.300. The van der Waals surface area contributed by atoms with Crippen molar-refractivity contribution in [3.63, 3.8) is 0 Å². The molecule has 0 bridgehead atoms. The van der Waals surface area contributed by atoms with Crippen molar-refractivity contribution in [2.45, 2.75) is 15.5 Å². The van der Waals surface area contributed by atoms with Gasteiger partial charge in [0.25, 0.3) is 0 Å². The molecule has 3 nitrogen and oxygen atoms in total. The summed E-state index contributed by atoms with van der Waals surface area (Å²) in [5.41, 5.74) is 1.03. The highest BCUT2D eigenvalue weighted by Gasteiger charge is 2.39. The number of thioether (sulfide) groups is 2. The third-order valence-electron chi connectivity index (χ3n) is 2.20. The molecule has 80 valence electrons. The minimum absolute atomic E-state index is 0.105. The summed E-state index contributed by atoms with van der Waals surface area (Å²) in [7, 11) is 0. The second-order valence-corrected chi connectivity index (χ2v) is 5.96. The zero-order chi connectivity index (χ0) is 10.9. The molecule has 15 heavy (non-hydrogen) atoms. The van der Waals surface area contributed by atoms with Crippen LogP contribution in [0, 0.1) is 0 Å². The molecule has 1 atom stereocenters. The minimum atomic E-state index is -0.780. The summed E-state index contributed by atoms with van der Waals surface area (Å²) in [6, 6.07) is 7.89. The zero-order valence-electron chi connectivity index (χ0n) is 8.19. The van der Waals surface area contributed by atoms with E-state index in [2.05, 4.69) is 5.32 Å². The molecule has 0 saturated heterocycles. The summed E-state index contributed by atoms with van der Waals surface area (Å²) in [6.07, 6.45) is 2.03. The molecular formula is C10H11NO2S2. The number of benzene rings is 1. The van der Waals surface area contributed by atoms with Crippen LogP contribution in [0.2, 0.25) is 0 Å². The van der Waals surface area contributed by atoms with E-state index in [0.29, 0.717) is 0 Å². The van der Waals surface area contributed by atoms with Crippen molar-refractivity contribution in [3.05, 3.63) is 24.3 Å². The number of aliphatic carboxylic acids is 1. The number of hydrogen-bond acceptors (Lipinski definition) is 4. The molecule has 0 amide bonds. The average molecular weight is 241 g/mol. The van der Waals surface area contributed by atoms with Gasteiger partial charge >= 0.3 is 5.97 Å². The van der Waals surface area contributed by atoms with E-state index in [0.717, 1.165) is 10.6 Å². The first kappa shape index (κ1) is 10.7. The van der Waals surface area contributed by atoms with Crippen LogP contribution in [0.1, 0.15) is 6.42 Å². The Morgan fingerprint density at radius 3 is 2.93 bits per heavy atom. The molecular weight excluding hydrogens is 230 g/mol. The summed E-state index contributed by atoms with van der Waals surface area (Å²) < 4.78 is -0.449. The molecule has 1 unspecified atom stereocenters. The molecule has 2 N–H and O–H groups in total. The third-order valence-corrected chi connectivity index (χ3v) is 5.01. The van der Waals surface area contributed by atoms with Crippen LogP contribution in [0.25, 0.3) is 0 Å². The fourth-order valence-corrected chi connectivity index (χ4v) is 3.68. The number of carbonyl (C=O) groups is 1. The Labute approximate surface area is 96.6 Å². The summed E-state index contributed by atoms with van der Waals surface area (Å²) in [6.45, 7) is 0. The lowest BCUT2D eigenvalue weighted by atomic mass is 10.3. The normalized spacial score (nSPS) is 23.3. The van der Waals surface area contributed by atoms with Crippen LogP contribution >= 0.6 is 23.5 Å². The lowest BCUT2D eigenvalue weighted by Crippen LogP contribution is -2.29. The number of carboxylic acids is 1. The standard InChI is InChI=1S/C10H11NO2S2/c1-14-10(6-9(12)13)11-7-4-2-3-5-8(7)15-10/h2-5,11H,6H2,1H3,(H,12,13). The number of rotatable bonds is 3. The van der Waals surface area contributed by atoms with Gasteiger partial charge in [-0.05, 0) is 18.4 Å². The van der Waals surface area contributed by atoms with Gasteiger partial charge in [0, 0.05) is 10.6 Å². The molecule has 1 aromatic carbocycles. The van der Waals surface area contributed by atoms with Crippen LogP contribution in [-0.4, -0.2) is 21.5 Å². The van der Waals surface area contributed by atoms with Crippen LogP contribution < -0.4 is 5.32 Å². The third kappa shape index (κ3) is 2.08. The minimum Gasteiger partial charge on any atom is -0.481 e. The van der Waals surface area contributed by atoms with E-state index in [1.165, 1.54) is 11.8 Å². The van der Waals surface area contributed by atoms with E-state index in [9.17, 15) is 4.79 Å². The summed E-state index contributed by atoms with van der Waals surface area (Å²) in [5.74, 6) is -0.780. The van der Waals surface area contributed by atoms with Gasteiger partial charge in [-0.3, -0.25) is 4.79 Å².